The second kappa shape index (κ2) is 20.8. The van der Waals surface area contributed by atoms with Crippen LogP contribution >= 0.6 is 0 Å². The number of esters is 1. The Kier molecular flexibility index (Phi) is 17.9. The van der Waals surface area contributed by atoms with Gasteiger partial charge >= 0.3 is 35.5 Å². The van der Waals surface area contributed by atoms with Crippen LogP contribution in [0.5, 0.6) is 5.75 Å². The van der Waals surface area contributed by atoms with Crippen LogP contribution in [0.3, 0.4) is 0 Å². The molecule has 0 atom stereocenters. The summed E-state index contributed by atoms with van der Waals surface area (Å²) in [6, 6.07) is 16.2. The average Bonchev–Trinajstić information content (AvgIpc) is 2.98. The molecule has 0 heterocycles. The maximum absolute atomic E-state index is 12.6. The Labute approximate surface area is 280 Å². The molecule has 0 aromatic heterocycles. The fourth-order valence-corrected chi connectivity index (χ4v) is 5.51. The van der Waals surface area contributed by atoms with Gasteiger partial charge in [0.2, 0.25) is 0 Å². The van der Waals surface area contributed by atoms with Crippen molar-refractivity contribution in [3.63, 3.8) is 0 Å². The molecular formula is C34H45N2NaO5S. The maximum atomic E-state index is 12.6. The van der Waals surface area contributed by atoms with Crippen LogP contribution in [-0.2, 0) is 14.9 Å². The summed E-state index contributed by atoms with van der Waals surface area (Å²) in [5, 5.41) is 9.99. The van der Waals surface area contributed by atoms with Crippen LogP contribution in [-0.4, -0.2) is 18.9 Å². The predicted molar refractivity (Wildman–Crippen MR) is 168 cm³/mol. The smallest absolute Gasteiger partial charge is 0.744 e. The monoisotopic (exact) mass is 616 g/mol. The molecule has 3 aromatic rings. The number of azo groups is 1. The van der Waals surface area contributed by atoms with Gasteiger partial charge in [-0.05, 0) is 42.8 Å². The largest absolute Gasteiger partial charge is 1.00 e. The molecule has 0 saturated heterocycles. The van der Waals surface area contributed by atoms with Crippen LogP contribution in [0.1, 0.15) is 110 Å². The zero-order valence-corrected chi connectivity index (χ0v) is 28.7. The Hall–Kier alpha value is -2.10. The van der Waals surface area contributed by atoms with Gasteiger partial charge in [0.1, 0.15) is 15.9 Å². The van der Waals surface area contributed by atoms with Crippen LogP contribution in [0.25, 0.3) is 10.8 Å². The molecule has 0 saturated carbocycles. The van der Waals surface area contributed by atoms with Crippen LogP contribution in [0.4, 0.5) is 11.4 Å². The Morgan fingerprint density at radius 2 is 1.19 bits per heavy atom. The van der Waals surface area contributed by atoms with Gasteiger partial charge in [0.25, 0.3) is 0 Å². The van der Waals surface area contributed by atoms with Crippen molar-refractivity contribution >= 4 is 38.2 Å². The second-order valence-electron chi connectivity index (χ2n) is 11.0. The van der Waals surface area contributed by atoms with Crippen LogP contribution in [0.2, 0.25) is 0 Å². The van der Waals surface area contributed by atoms with Gasteiger partial charge in [0, 0.05) is 17.2 Å². The number of carbonyl (C=O) groups excluding carboxylic acids is 1. The Bertz CT molecular complexity index is 1380. The number of nitrogens with zero attached hydrogens (tertiary/aromatic N) is 2. The molecule has 0 aliphatic carbocycles. The molecule has 0 spiro atoms. The minimum atomic E-state index is -4.51. The molecule has 0 unspecified atom stereocenters. The first-order valence-electron chi connectivity index (χ1n) is 15.6. The summed E-state index contributed by atoms with van der Waals surface area (Å²) in [6.07, 6.45) is 19.6. The standard InChI is InChI=1S/C34H46N2O5S.Na/c1-2-3-4-5-6-7-8-9-10-11-12-13-14-15-16-21-34(37)41-33-27-26-32(30-19-17-18-20-31(30)33)36-35-28-22-24-29(25-23-28)42(38,39)40;/h17-20,22-27H,2-16,21H2,1H3,(H,38,39,40);/q;+1/p-1/b36-35+;. The van der Waals surface area contributed by atoms with Crippen LogP contribution in [0.15, 0.2) is 75.8 Å². The Morgan fingerprint density at radius 3 is 1.72 bits per heavy atom. The number of hydrogen-bond acceptors (Lipinski definition) is 7. The maximum Gasteiger partial charge on any atom is 1.00 e. The molecule has 0 radical (unpaired) electrons. The van der Waals surface area contributed by atoms with Crippen molar-refractivity contribution in [1.82, 2.24) is 0 Å². The summed E-state index contributed by atoms with van der Waals surface area (Å²) >= 11 is 0. The molecule has 0 N–H and O–H groups in total. The summed E-state index contributed by atoms with van der Waals surface area (Å²) in [7, 11) is -4.51. The summed E-state index contributed by atoms with van der Waals surface area (Å²) < 4.78 is 39.1. The molecule has 9 heteroatoms. The molecule has 3 rings (SSSR count). The first kappa shape index (κ1) is 37.1. The van der Waals surface area contributed by atoms with E-state index in [4.69, 9.17) is 4.74 Å². The van der Waals surface area contributed by atoms with Gasteiger partial charge in [-0.3, -0.25) is 4.79 Å². The predicted octanol–water partition coefficient (Wildman–Crippen LogP) is 7.33. The first-order chi connectivity index (χ1) is 20.4. The molecule has 7 nitrogen and oxygen atoms in total. The number of hydrogen-bond donors (Lipinski definition) is 0. The van der Waals surface area contributed by atoms with Gasteiger partial charge in [0.05, 0.1) is 16.3 Å². The van der Waals surface area contributed by atoms with E-state index in [0.29, 0.717) is 23.5 Å². The molecule has 0 aliphatic rings. The van der Waals surface area contributed by atoms with Gasteiger partial charge in [0.15, 0.2) is 0 Å². The summed E-state index contributed by atoms with van der Waals surface area (Å²) in [4.78, 5) is 12.2. The average molecular weight is 617 g/mol. The number of unbranched alkanes of at least 4 members (excludes halogenated alkanes) is 14. The van der Waals surface area contributed by atoms with Crippen LogP contribution in [0, 0.1) is 0 Å². The zero-order valence-electron chi connectivity index (χ0n) is 25.9. The van der Waals surface area contributed by atoms with E-state index in [1.807, 2.05) is 24.3 Å². The summed E-state index contributed by atoms with van der Waals surface area (Å²) in [5.41, 5.74) is 0.985. The van der Waals surface area contributed by atoms with E-state index in [1.165, 1.54) is 101 Å². The minimum Gasteiger partial charge on any atom is -0.744 e. The Balaban J connectivity index is 0.00000645. The number of carbonyl (C=O) groups is 1. The van der Waals surface area contributed by atoms with Gasteiger partial charge in [-0.25, -0.2) is 8.42 Å². The van der Waals surface area contributed by atoms with E-state index in [1.54, 1.807) is 12.1 Å². The van der Waals surface area contributed by atoms with E-state index >= 15 is 0 Å². The van der Waals surface area contributed by atoms with E-state index in [2.05, 4.69) is 17.2 Å². The molecule has 43 heavy (non-hydrogen) atoms. The molecule has 0 bridgehead atoms. The molecule has 0 aliphatic heterocycles. The van der Waals surface area contributed by atoms with Crippen molar-refractivity contribution in [2.75, 3.05) is 0 Å². The SMILES string of the molecule is CCCCCCCCCCCCCCCCCC(=O)Oc1ccc(/N=N/c2ccc(S(=O)(=O)[O-])cc2)c2ccccc12.[Na+]. The van der Waals surface area contributed by atoms with Crippen molar-refractivity contribution in [3.8, 4) is 5.75 Å². The first-order valence-corrected chi connectivity index (χ1v) is 17.0. The van der Waals surface area contributed by atoms with Crippen molar-refractivity contribution in [2.45, 2.75) is 115 Å². The summed E-state index contributed by atoms with van der Waals surface area (Å²) in [6.45, 7) is 2.26. The van der Waals surface area contributed by atoms with E-state index in [0.717, 1.165) is 30.0 Å². The molecule has 3 aromatic carbocycles. The van der Waals surface area contributed by atoms with Gasteiger partial charge in [-0.15, -0.1) is 5.11 Å². The zero-order chi connectivity index (χ0) is 30.0. The van der Waals surface area contributed by atoms with Crippen molar-refractivity contribution in [3.05, 3.63) is 60.7 Å². The number of benzene rings is 3. The number of fused-ring (bicyclic) bond motifs is 1. The number of ether oxygens (including phenoxy) is 1. The van der Waals surface area contributed by atoms with E-state index in [9.17, 15) is 17.8 Å². The van der Waals surface area contributed by atoms with E-state index in [-0.39, 0.29) is 40.4 Å². The molecular weight excluding hydrogens is 571 g/mol. The van der Waals surface area contributed by atoms with Gasteiger partial charge < -0.3 is 9.29 Å². The second-order valence-corrected chi connectivity index (χ2v) is 12.3. The summed E-state index contributed by atoms with van der Waals surface area (Å²) in [5.74, 6) is 0.248. The number of rotatable bonds is 20. The van der Waals surface area contributed by atoms with Crippen LogP contribution < -0.4 is 34.3 Å². The van der Waals surface area contributed by atoms with Gasteiger partial charge in [-0.1, -0.05) is 121 Å². The van der Waals surface area contributed by atoms with E-state index < -0.39 is 10.1 Å². The quantitative estimate of drug-likeness (QED) is 0.0330. The minimum absolute atomic E-state index is 0. The van der Waals surface area contributed by atoms with Crippen molar-refractivity contribution in [1.29, 1.82) is 0 Å². The van der Waals surface area contributed by atoms with Crippen molar-refractivity contribution in [2.24, 2.45) is 10.2 Å². The third kappa shape index (κ3) is 14.0. The topological polar surface area (TPSA) is 108 Å². The molecule has 0 fully saturated rings. The molecule has 0 amide bonds. The Morgan fingerprint density at radius 1 is 0.674 bits per heavy atom. The normalized spacial score (nSPS) is 11.6. The fraction of sp³-hybridized carbons (Fsp3) is 0.500. The van der Waals surface area contributed by atoms with Crippen molar-refractivity contribution < 1.29 is 52.1 Å². The molecule has 228 valence electrons. The third-order valence-corrected chi connectivity index (χ3v) is 8.32. The fourth-order valence-electron chi connectivity index (χ4n) is 5.04. The third-order valence-electron chi connectivity index (χ3n) is 7.47. The van der Waals surface area contributed by atoms with Gasteiger partial charge in [-0.2, -0.15) is 5.11 Å².